The number of piperazine rings is 1. The molecule has 152 valence electrons. The van der Waals surface area contributed by atoms with Gasteiger partial charge in [-0.1, -0.05) is 12.1 Å². The number of fused-ring (bicyclic) bond motifs is 1. The molecule has 1 fully saturated rings. The van der Waals surface area contributed by atoms with Gasteiger partial charge in [0, 0.05) is 48.8 Å². The maximum Gasteiger partial charge on any atom is 0.237 e. The van der Waals surface area contributed by atoms with Gasteiger partial charge in [0.05, 0.1) is 11.4 Å². The second kappa shape index (κ2) is 8.44. The zero-order valence-electron chi connectivity index (χ0n) is 16.2. The molecule has 1 unspecified atom stereocenters. The number of rotatable bonds is 6. The van der Waals surface area contributed by atoms with E-state index in [4.69, 9.17) is 0 Å². The Morgan fingerprint density at radius 3 is 2.69 bits per heavy atom. The van der Waals surface area contributed by atoms with Crippen molar-refractivity contribution < 1.29 is 13.4 Å². The van der Waals surface area contributed by atoms with Gasteiger partial charge in [0.1, 0.15) is 16.8 Å². The Morgan fingerprint density at radius 2 is 1.97 bits per heavy atom. The summed E-state index contributed by atoms with van der Waals surface area (Å²) in [6.45, 7) is 2.73. The minimum Gasteiger partial charge on any atom is -0.360 e. The van der Waals surface area contributed by atoms with Crippen LogP contribution in [0.25, 0.3) is 22.0 Å². The van der Waals surface area contributed by atoms with Gasteiger partial charge in [-0.2, -0.15) is 0 Å². The first-order valence-corrected chi connectivity index (χ1v) is 10.6. The summed E-state index contributed by atoms with van der Waals surface area (Å²) < 4.78 is 28.0. The van der Waals surface area contributed by atoms with E-state index in [1.54, 1.807) is 15.3 Å². The van der Waals surface area contributed by atoms with Crippen molar-refractivity contribution in [3.05, 3.63) is 54.5 Å². The number of nitrogens with one attached hydrogen (secondary N) is 2. The van der Waals surface area contributed by atoms with E-state index in [1.807, 2.05) is 37.5 Å². The van der Waals surface area contributed by atoms with Crippen LogP contribution in [0.2, 0.25) is 0 Å². The van der Waals surface area contributed by atoms with Crippen LogP contribution in [0.5, 0.6) is 0 Å². The van der Waals surface area contributed by atoms with Gasteiger partial charge in [-0.25, -0.2) is 12.9 Å². The van der Waals surface area contributed by atoms with E-state index >= 15 is 0 Å². The van der Waals surface area contributed by atoms with E-state index in [2.05, 4.69) is 10.3 Å². The smallest absolute Gasteiger partial charge is 0.237 e. The molecule has 1 amide bonds. The van der Waals surface area contributed by atoms with Crippen LogP contribution < -0.4 is 5.32 Å². The van der Waals surface area contributed by atoms with Gasteiger partial charge in [0.2, 0.25) is 5.91 Å². The minimum atomic E-state index is -1.38. The second-order valence-corrected chi connectivity index (χ2v) is 8.50. The van der Waals surface area contributed by atoms with E-state index in [-0.39, 0.29) is 18.3 Å². The Bertz CT molecular complexity index is 1050. The summed E-state index contributed by atoms with van der Waals surface area (Å²) in [6, 6.07) is 12.1. The normalized spacial score (nSPS) is 16.5. The molecule has 1 aliphatic rings. The van der Waals surface area contributed by atoms with Crippen LogP contribution in [0.4, 0.5) is 4.39 Å². The number of benzene rings is 2. The first-order valence-electron chi connectivity index (χ1n) is 9.53. The predicted octanol–water partition coefficient (Wildman–Crippen LogP) is 2.36. The molecule has 2 heterocycles. The number of hydrogen-bond donors (Lipinski definition) is 2. The first-order chi connectivity index (χ1) is 14.1. The topological polar surface area (TPSA) is 68.4 Å². The third-order valence-electron chi connectivity index (χ3n) is 5.16. The van der Waals surface area contributed by atoms with Crippen molar-refractivity contribution in [2.45, 2.75) is 4.90 Å². The molecule has 1 atom stereocenters. The lowest BCUT2D eigenvalue weighted by molar-refractivity contribution is -0.133. The SMILES string of the molecule is CNCCN1CCN(S(=O)c2ccc(-c3c[nH]c4cc(F)ccc34)cc2)CC1=O. The molecule has 0 spiro atoms. The molecule has 4 rings (SSSR count). The fraction of sp³-hybridized carbons (Fsp3) is 0.286. The molecule has 0 bridgehead atoms. The molecule has 1 aliphatic heterocycles. The molecule has 1 aromatic heterocycles. The molecule has 29 heavy (non-hydrogen) atoms. The van der Waals surface area contributed by atoms with E-state index in [1.165, 1.54) is 12.1 Å². The van der Waals surface area contributed by atoms with Crippen molar-refractivity contribution >= 4 is 27.8 Å². The average Bonchev–Trinajstić information content (AvgIpc) is 3.15. The van der Waals surface area contributed by atoms with Crippen molar-refractivity contribution in [1.29, 1.82) is 0 Å². The molecule has 1 saturated heterocycles. The van der Waals surface area contributed by atoms with Crippen molar-refractivity contribution in [1.82, 2.24) is 19.5 Å². The van der Waals surface area contributed by atoms with Crippen molar-refractivity contribution in [3.8, 4) is 11.1 Å². The van der Waals surface area contributed by atoms with Crippen LogP contribution in [-0.4, -0.2) is 64.1 Å². The van der Waals surface area contributed by atoms with Crippen molar-refractivity contribution in [2.24, 2.45) is 0 Å². The zero-order valence-corrected chi connectivity index (χ0v) is 17.0. The quantitative estimate of drug-likeness (QED) is 0.651. The Morgan fingerprint density at radius 1 is 1.17 bits per heavy atom. The number of carbonyl (C=O) groups is 1. The molecule has 6 nitrogen and oxygen atoms in total. The highest BCUT2D eigenvalue weighted by atomic mass is 32.2. The third-order valence-corrected chi connectivity index (χ3v) is 6.62. The summed E-state index contributed by atoms with van der Waals surface area (Å²) in [6.07, 6.45) is 1.85. The lowest BCUT2D eigenvalue weighted by Crippen LogP contribution is -2.51. The van der Waals surface area contributed by atoms with Crippen LogP contribution in [0.1, 0.15) is 0 Å². The van der Waals surface area contributed by atoms with Gasteiger partial charge < -0.3 is 15.2 Å². The largest absolute Gasteiger partial charge is 0.360 e. The zero-order chi connectivity index (χ0) is 20.4. The Balaban J connectivity index is 1.48. The van der Waals surface area contributed by atoms with Crippen LogP contribution in [0, 0.1) is 5.82 Å². The van der Waals surface area contributed by atoms with Crippen LogP contribution in [-0.2, 0) is 15.8 Å². The van der Waals surface area contributed by atoms with Crippen LogP contribution >= 0.6 is 0 Å². The molecule has 0 aliphatic carbocycles. The summed E-state index contributed by atoms with van der Waals surface area (Å²) in [7, 11) is 0.471. The third kappa shape index (κ3) is 4.10. The van der Waals surface area contributed by atoms with Crippen molar-refractivity contribution in [2.75, 3.05) is 39.8 Å². The van der Waals surface area contributed by atoms with Crippen LogP contribution in [0.15, 0.2) is 53.6 Å². The lowest BCUT2D eigenvalue weighted by Gasteiger charge is -2.33. The van der Waals surface area contributed by atoms with E-state index in [0.29, 0.717) is 24.5 Å². The molecule has 2 aromatic carbocycles. The summed E-state index contributed by atoms with van der Waals surface area (Å²) >= 11 is 0. The minimum absolute atomic E-state index is 0.00231. The first kappa shape index (κ1) is 19.8. The highest BCUT2D eigenvalue weighted by Crippen LogP contribution is 2.29. The lowest BCUT2D eigenvalue weighted by atomic mass is 10.1. The average molecular weight is 415 g/mol. The monoisotopic (exact) mass is 414 g/mol. The Kier molecular flexibility index (Phi) is 5.75. The summed E-state index contributed by atoms with van der Waals surface area (Å²) in [5, 5.41) is 3.97. The molecular formula is C21H23FN4O2S. The maximum absolute atomic E-state index is 13.4. The molecule has 3 aromatic rings. The molecule has 0 radical (unpaired) electrons. The summed E-state index contributed by atoms with van der Waals surface area (Å²) in [5.41, 5.74) is 2.66. The number of H-pyrrole nitrogens is 1. The number of nitrogens with zero attached hydrogens (tertiary/aromatic N) is 2. The highest BCUT2D eigenvalue weighted by molar-refractivity contribution is 7.82. The number of amides is 1. The maximum atomic E-state index is 13.4. The molecule has 0 saturated carbocycles. The highest BCUT2D eigenvalue weighted by Gasteiger charge is 2.27. The number of halogens is 1. The summed E-state index contributed by atoms with van der Waals surface area (Å²) in [4.78, 5) is 17.8. The summed E-state index contributed by atoms with van der Waals surface area (Å²) in [5.74, 6) is -0.278. The number of likely N-dealkylation sites (N-methyl/N-ethyl adjacent to an activating group) is 1. The fourth-order valence-electron chi connectivity index (χ4n) is 3.55. The number of aromatic nitrogens is 1. The van der Waals surface area contributed by atoms with E-state index < -0.39 is 11.0 Å². The van der Waals surface area contributed by atoms with Gasteiger partial charge in [0.15, 0.2) is 0 Å². The van der Waals surface area contributed by atoms with Crippen LogP contribution in [0.3, 0.4) is 0 Å². The number of hydrogen-bond acceptors (Lipinski definition) is 3. The Hall–Kier alpha value is -2.55. The molecule has 8 heteroatoms. The second-order valence-electron chi connectivity index (χ2n) is 7.01. The van der Waals surface area contributed by atoms with Gasteiger partial charge in [0.25, 0.3) is 0 Å². The van der Waals surface area contributed by atoms with Crippen molar-refractivity contribution in [3.63, 3.8) is 0 Å². The van der Waals surface area contributed by atoms with E-state index in [0.717, 1.165) is 28.6 Å². The van der Waals surface area contributed by atoms with Gasteiger partial charge in [-0.15, -0.1) is 0 Å². The Labute approximate surface area is 171 Å². The van der Waals surface area contributed by atoms with Gasteiger partial charge in [-0.05, 0) is 42.9 Å². The number of carbonyl (C=O) groups excluding carboxylic acids is 1. The van der Waals surface area contributed by atoms with E-state index in [9.17, 15) is 13.4 Å². The number of aromatic amines is 1. The predicted molar refractivity (Wildman–Crippen MR) is 112 cm³/mol. The fourth-order valence-corrected chi connectivity index (χ4v) is 4.69. The standard InChI is InChI=1S/C21H23FN4O2S/c1-23-8-9-25-10-11-26(14-21(25)27)29(28)17-5-2-15(3-6-17)19-13-24-20-12-16(22)4-7-18(19)20/h2-7,12-13,23-24H,8-11,14H2,1H3. The molecular weight excluding hydrogens is 391 g/mol. The van der Waals surface area contributed by atoms with Gasteiger partial charge in [-0.3, -0.25) is 4.79 Å². The molecule has 2 N–H and O–H groups in total. The van der Waals surface area contributed by atoms with Gasteiger partial charge >= 0.3 is 0 Å².